The van der Waals surface area contributed by atoms with Gasteiger partial charge in [-0.3, -0.25) is 9.59 Å². The summed E-state index contributed by atoms with van der Waals surface area (Å²) in [6, 6.07) is 7.79. The van der Waals surface area contributed by atoms with Gasteiger partial charge in [0, 0.05) is 11.9 Å². The largest absolute Gasteiger partial charge is 0.485 e. The average Bonchev–Trinajstić information content (AvgIpc) is 3.37. The van der Waals surface area contributed by atoms with Gasteiger partial charge in [-0.2, -0.15) is 0 Å². The third kappa shape index (κ3) is 6.54. The molecule has 0 bridgehead atoms. The molecule has 2 aromatic heterocycles. The zero-order valence-corrected chi connectivity index (χ0v) is 19.8. The van der Waals surface area contributed by atoms with Crippen LogP contribution in [-0.2, 0) is 33.9 Å². The van der Waals surface area contributed by atoms with E-state index >= 15 is 0 Å². The summed E-state index contributed by atoms with van der Waals surface area (Å²) in [4.78, 5) is 28.1. The Morgan fingerprint density at radius 3 is 2.78 bits per heavy atom. The van der Waals surface area contributed by atoms with Crippen molar-refractivity contribution in [3.05, 3.63) is 46.7 Å². The van der Waals surface area contributed by atoms with Crippen LogP contribution in [0, 0.1) is 6.92 Å². The van der Waals surface area contributed by atoms with Crippen molar-refractivity contribution < 1.29 is 19.1 Å². The van der Waals surface area contributed by atoms with Crippen LogP contribution >= 0.6 is 23.1 Å². The van der Waals surface area contributed by atoms with Gasteiger partial charge in [-0.15, -0.1) is 21.5 Å². The summed E-state index contributed by atoms with van der Waals surface area (Å²) < 4.78 is 12.7. The van der Waals surface area contributed by atoms with Crippen LogP contribution in [0.3, 0.4) is 0 Å². The Morgan fingerprint density at radius 2 is 2.03 bits per heavy atom. The fourth-order valence-corrected chi connectivity index (χ4v) is 4.35. The SMILES string of the molecule is CCOC(=O)Cc1csc(NC(=O)CSc2nnc(COc3ccccc3C)n2CC)n1. The molecule has 170 valence electrons. The molecule has 2 heterocycles. The van der Waals surface area contributed by atoms with Crippen molar-refractivity contribution >= 4 is 40.1 Å². The third-order valence-electron chi connectivity index (χ3n) is 4.32. The molecule has 9 nitrogen and oxygen atoms in total. The van der Waals surface area contributed by atoms with E-state index in [1.54, 1.807) is 12.3 Å². The quantitative estimate of drug-likeness (QED) is 0.332. The number of amides is 1. The minimum atomic E-state index is -0.340. The molecule has 1 N–H and O–H groups in total. The number of nitrogens with zero attached hydrogens (tertiary/aromatic N) is 4. The summed E-state index contributed by atoms with van der Waals surface area (Å²) in [5.74, 6) is 1.10. The number of carbonyl (C=O) groups is 2. The number of carbonyl (C=O) groups excluding carboxylic acids is 2. The molecule has 3 aromatic rings. The topological polar surface area (TPSA) is 108 Å². The molecule has 1 amide bonds. The number of nitrogens with one attached hydrogen (secondary N) is 1. The van der Waals surface area contributed by atoms with E-state index in [0.717, 1.165) is 11.3 Å². The molecule has 0 spiro atoms. The van der Waals surface area contributed by atoms with E-state index in [1.807, 2.05) is 42.7 Å². The van der Waals surface area contributed by atoms with Crippen LogP contribution in [0.5, 0.6) is 5.75 Å². The normalized spacial score (nSPS) is 10.7. The summed E-state index contributed by atoms with van der Waals surface area (Å²) in [7, 11) is 0. The van der Waals surface area contributed by atoms with Gasteiger partial charge in [-0.25, -0.2) is 4.98 Å². The zero-order valence-electron chi connectivity index (χ0n) is 18.2. The van der Waals surface area contributed by atoms with Crippen molar-refractivity contribution in [3.63, 3.8) is 0 Å². The van der Waals surface area contributed by atoms with Gasteiger partial charge >= 0.3 is 5.97 Å². The fraction of sp³-hybridized carbons (Fsp3) is 0.381. The van der Waals surface area contributed by atoms with Gasteiger partial charge in [-0.05, 0) is 32.4 Å². The maximum Gasteiger partial charge on any atom is 0.311 e. The fourth-order valence-electron chi connectivity index (χ4n) is 2.80. The van der Waals surface area contributed by atoms with Gasteiger partial charge in [0.25, 0.3) is 0 Å². The van der Waals surface area contributed by atoms with Gasteiger partial charge in [0.2, 0.25) is 5.91 Å². The summed E-state index contributed by atoms with van der Waals surface area (Å²) >= 11 is 2.56. The lowest BCUT2D eigenvalue weighted by atomic mass is 10.2. The second-order valence-corrected chi connectivity index (χ2v) is 8.46. The molecule has 0 radical (unpaired) electrons. The number of aryl methyl sites for hydroxylation is 1. The van der Waals surface area contributed by atoms with E-state index < -0.39 is 0 Å². The molecule has 0 saturated carbocycles. The number of thioether (sulfide) groups is 1. The van der Waals surface area contributed by atoms with Crippen LogP contribution in [-0.4, -0.2) is 44.0 Å². The van der Waals surface area contributed by atoms with Crippen molar-refractivity contribution in [2.45, 2.75) is 45.5 Å². The van der Waals surface area contributed by atoms with Gasteiger partial charge in [0.05, 0.1) is 24.5 Å². The highest BCUT2D eigenvalue weighted by Gasteiger charge is 2.15. The minimum Gasteiger partial charge on any atom is -0.485 e. The Morgan fingerprint density at radius 1 is 1.22 bits per heavy atom. The van der Waals surface area contributed by atoms with E-state index in [0.29, 0.717) is 41.6 Å². The van der Waals surface area contributed by atoms with Crippen LogP contribution in [0.15, 0.2) is 34.8 Å². The number of thiazole rings is 1. The van der Waals surface area contributed by atoms with Crippen molar-refractivity contribution in [1.29, 1.82) is 0 Å². The first-order valence-corrected chi connectivity index (χ1v) is 12.0. The Labute approximate surface area is 194 Å². The number of hydrogen-bond donors (Lipinski definition) is 1. The summed E-state index contributed by atoms with van der Waals surface area (Å²) in [6.45, 7) is 7.01. The van der Waals surface area contributed by atoms with Gasteiger partial charge < -0.3 is 19.4 Å². The highest BCUT2D eigenvalue weighted by atomic mass is 32.2. The highest BCUT2D eigenvalue weighted by molar-refractivity contribution is 7.99. The molecular weight excluding hydrogens is 450 g/mol. The van der Waals surface area contributed by atoms with Gasteiger partial charge in [0.15, 0.2) is 16.1 Å². The van der Waals surface area contributed by atoms with Crippen molar-refractivity contribution in [2.24, 2.45) is 0 Å². The van der Waals surface area contributed by atoms with E-state index in [2.05, 4.69) is 20.5 Å². The molecule has 0 aliphatic heterocycles. The Hall–Kier alpha value is -2.92. The predicted molar refractivity (Wildman–Crippen MR) is 123 cm³/mol. The second kappa shape index (κ2) is 11.6. The van der Waals surface area contributed by atoms with Gasteiger partial charge in [0.1, 0.15) is 12.4 Å². The number of anilines is 1. The van der Waals surface area contributed by atoms with E-state index in [4.69, 9.17) is 9.47 Å². The van der Waals surface area contributed by atoms with Crippen molar-refractivity contribution in [1.82, 2.24) is 19.7 Å². The van der Waals surface area contributed by atoms with Crippen molar-refractivity contribution in [2.75, 3.05) is 17.7 Å². The molecule has 0 aliphatic rings. The number of aromatic nitrogens is 4. The molecule has 0 unspecified atom stereocenters. The Balaban J connectivity index is 1.52. The molecule has 11 heteroatoms. The Kier molecular flexibility index (Phi) is 8.63. The van der Waals surface area contributed by atoms with Crippen LogP contribution < -0.4 is 10.1 Å². The van der Waals surface area contributed by atoms with Crippen LogP contribution in [0.4, 0.5) is 5.13 Å². The Bertz CT molecular complexity index is 1070. The maximum atomic E-state index is 12.3. The lowest BCUT2D eigenvalue weighted by molar-refractivity contribution is -0.142. The van der Waals surface area contributed by atoms with E-state index in [1.165, 1.54) is 23.1 Å². The number of benzene rings is 1. The molecule has 0 aliphatic carbocycles. The smallest absolute Gasteiger partial charge is 0.311 e. The summed E-state index contributed by atoms with van der Waals surface area (Å²) in [5.41, 5.74) is 1.62. The first-order valence-electron chi connectivity index (χ1n) is 10.1. The molecule has 3 rings (SSSR count). The lowest BCUT2D eigenvalue weighted by Gasteiger charge is -2.10. The second-order valence-electron chi connectivity index (χ2n) is 6.66. The average molecular weight is 476 g/mol. The molecule has 1 aromatic carbocycles. The standard InChI is InChI=1S/C21H25N5O4S2/c1-4-26-17(11-30-16-9-7-6-8-14(16)3)24-25-21(26)32-13-18(27)23-20-22-15(12-31-20)10-19(28)29-5-2/h6-9,12H,4-5,10-11,13H2,1-3H3,(H,22,23,27). The first kappa shape index (κ1) is 23.7. The van der Waals surface area contributed by atoms with E-state index in [9.17, 15) is 9.59 Å². The molecule has 0 saturated heterocycles. The lowest BCUT2D eigenvalue weighted by Crippen LogP contribution is -2.15. The molecule has 32 heavy (non-hydrogen) atoms. The monoisotopic (exact) mass is 475 g/mol. The first-order chi connectivity index (χ1) is 15.5. The molecule has 0 atom stereocenters. The predicted octanol–water partition coefficient (Wildman–Crippen LogP) is 3.48. The number of hydrogen-bond acceptors (Lipinski definition) is 9. The number of esters is 1. The summed E-state index contributed by atoms with van der Waals surface area (Å²) in [6.07, 6.45) is 0.0852. The van der Waals surface area contributed by atoms with Crippen LogP contribution in [0.2, 0.25) is 0 Å². The number of para-hydroxylation sites is 1. The summed E-state index contributed by atoms with van der Waals surface area (Å²) in [5, 5.41) is 14.0. The number of rotatable bonds is 11. The van der Waals surface area contributed by atoms with Gasteiger partial charge in [-0.1, -0.05) is 30.0 Å². The molecular formula is C21H25N5O4S2. The third-order valence-corrected chi connectivity index (χ3v) is 6.09. The zero-order chi connectivity index (χ0) is 22.9. The van der Waals surface area contributed by atoms with E-state index in [-0.39, 0.29) is 24.1 Å². The van der Waals surface area contributed by atoms with Crippen LogP contribution in [0.1, 0.15) is 30.9 Å². The molecule has 0 fully saturated rings. The van der Waals surface area contributed by atoms with Crippen molar-refractivity contribution in [3.8, 4) is 5.75 Å². The maximum absolute atomic E-state index is 12.3. The minimum absolute atomic E-state index is 0.0852. The number of ether oxygens (including phenoxy) is 2. The highest BCUT2D eigenvalue weighted by Crippen LogP contribution is 2.21. The van der Waals surface area contributed by atoms with Crippen LogP contribution in [0.25, 0.3) is 0 Å².